The number of nitrogen functional groups attached to an aromatic ring is 1. The Kier molecular flexibility index (Phi) is 2.69. The molecule has 3 unspecified atom stereocenters. The summed E-state index contributed by atoms with van der Waals surface area (Å²) in [7, 11) is 0. The minimum Gasteiger partial charge on any atom is -0.394 e. The van der Waals surface area contributed by atoms with Crippen LogP contribution in [0.2, 0.25) is 0 Å². The molecule has 4 N–H and O–H groups in total. The highest BCUT2D eigenvalue weighted by atomic mass is 32.1. The maximum absolute atomic E-state index is 9.49. The monoisotopic (exact) mass is 216 g/mol. The summed E-state index contributed by atoms with van der Waals surface area (Å²) in [6.07, 6.45) is -0.888. The highest BCUT2D eigenvalue weighted by Crippen LogP contribution is 2.33. The lowest BCUT2D eigenvalue weighted by atomic mass is 10.1. The van der Waals surface area contributed by atoms with Crippen LogP contribution in [0.3, 0.4) is 0 Å². The zero-order valence-corrected chi connectivity index (χ0v) is 8.28. The number of aliphatic hydroxyl groups excluding tert-OH is 2. The third-order valence-corrected chi connectivity index (χ3v) is 2.97. The number of aliphatic hydroxyl groups is 2. The summed E-state index contributed by atoms with van der Waals surface area (Å²) in [6.45, 7) is -0.169. The van der Waals surface area contributed by atoms with E-state index in [0.29, 0.717) is 11.6 Å². The maximum Gasteiger partial charge on any atom is 0.180 e. The molecule has 0 saturated carbocycles. The van der Waals surface area contributed by atoms with Crippen molar-refractivity contribution < 1.29 is 14.9 Å². The molecule has 0 spiro atoms. The molecule has 0 amide bonds. The molecule has 78 valence electrons. The summed E-state index contributed by atoms with van der Waals surface area (Å²) in [5, 5.41) is 20.7. The Morgan fingerprint density at radius 2 is 2.50 bits per heavy atom. The average Bonchev–Trinajstić information content (AvgIpc) is 2.71. The first-order chi connectivity index (χ1) is 6.70. The van der Waals surface area contributed by atoms with E-state index < -0.39 is 12.2 Å². The lowest BCUT2D eigenvalue weighted by Gasteiger charge is -2.09. The predicted molar refractivity (Wildman–Crippen MR) is 51.9 cm³/mol. The zero-order valence-electron chi connectivity index (χ0n) is 7.46. The lowest BCUT2D eigenvalue weighted by Crippen LogP contribution is -2.24. The van der Waals surface area contributed by atoms with Crippen molar-refractivity contribution in [3.8, 4) is 0 Å². The molecule has 1 saturated heterocycles. The summed E-state index contributed by atoms with van der Waals surface area (Å²) >= 11 is 1.34. The molecule has 2 rings (SSSR count). The Morgan fingerprint density at radius 1 is 1.71 bits per heavy atom. The minimum atomic E-state index is -0.618. The van der Waals surface area contributed by atoms with Crippen molar-refractivity contribution >= 4 is 16.5 Å². The van der Waals surface area contributed by atoms with Gasteiger partial charge in [0.15, 0.2) is 5.13 Å². The number of rotatable bonds is 2. The molecule has 3 atom stereocenters. The standard InChI is InChI=1S/C8H12N2O3S/c9-8-10-4(3-14-8)6-1-5(12)7(2-11)13-6/h3,5-7,11-12H,1-2H2,(H2,9,10). The molecular weight excluding hydrogens is 204 g/mol. The lowest BCUT2D eigenvalue weighted by molar-refractivity contribution is -0.0234. The van der Waals surface area contributed by atoms with Crippen molar-refractivity contribution in [1.82, 2.24) is 4.98 Å². The molecule has 5 nitrogen and oxygen atoms in total. The first-order valence-corrected chi connectivity index (χ1v) is 5.24. The third-order valence-electron chi connectivity index (χ3n) is 2.27. The van der Waals surface area contributed by atoms with Crippen LogP contribution in [0.15, 0.2) is 5.38 Å². The summed E-state index contributed by atoms with van der Waals surface area (Å²) < 4.78 is 5.41. The van der Waals surface area contributed by atoms with Gasteiger partial charge in [-0.1, -0.05) is 0 Å². The quantitative estimate of drug-likeness (QED) is 0.643. The normalized spacial score (nSPS) is 32.3. The van der Waals surface area contributed by atoms with Crippen molar-refractivity contribution in [2.75, 3.05) is 12.3 Å². The highest BCUT2D eigenvalue weighted by molar-refractivity contribution is 7.13. The van der Waals surface area contributed by atoms with E-state index in [1.165, 1.54) is 11.3 Å². The van der Waals surface area contributed by atoms with Crippen LogP contribution in [0.1, 0.15) is 18.2 Å². The van der Waals surface area contributed by atoms with Gasteiger partial charge in [0.05, 0.1) is 18.4 Å². The summed E-state index contributed by atoms with van der Waals surface area (Å²) in [6, 6.07) is 0. The highest BCUT2D eigenvalue weighted by Gasteiger charge is 2.35. The molecular formula is C8H12N2O3S. The Morgan fingerprint density at radius 3 is 3.00 bits per heavy atom. The Labute approximate surface area is 85.2 Å². The molecule has 1 aliphatic rings. The number of thiazole rings is 1. The van der Waals surface area contributed by atoms with E-state index in [9.17, 15) is 5.11 Å². The van der Waals surface area contributed by atoms with E-state index in [1.807, 2.05) is 5.38 Å². The molecule has 0 radical (unpaired) electrons. The fourth-order valence-electron chi connectivity index (χ4n) is 1.53. The Hall–Kier alpha value is -0.690. The molecule has 6 heteroatoms. The number of anilines is 1. The number of hydrogen-bond donors (Lipinski definition) is 3. The second kappa shape index (κ2) is 3.82. The predicted octanol–water partition coefficient (Wildman–Crippen LogP) is -0.0915. The first kappa shape index (κ1) is 9.85. The van der Waals surface area contributed by atoms with Gasteiger partial charge in [0.25, 0.3) is 0 Å². The van der Waals surface area contributed by atoms with E-state index in [0.717, 1.165) is 5.69 Å². The van der Waals surface area contributed by atoms with Gasteiger partial charge in [-0.2, -0.15) is 0 Å². The van der Waals surface area contributed by atoms with Gasteiger partial charge in [-0.3, -0.25) is 0 Å². The van der Waals surface area contributed by atoms with Gasteiger partial charge >= 0.3 is 0 Å². The van der Waals surface area contributed by atoms with E-state index in [4.69, 9.17) is 15.6 Å². The van der Waals surface area contributed by atoms with Crippen molar-refractivity contribution in [1.29, 1.82) is 0 Å². The summed E-state index contributed by atoms with van der Waals surface area (Å²) in [4.78, 5) is 4.07. The van der Waals surface area contributed by atoms with Gasteiger partial charge in [0.2, 0.25) is 0 Å². The van der Waals surface area contributed by atoms with Crippen molar-refractivity contribution in [2.45, 2.75) is 24.7 Å². The second-order valence-corrected chi connectivity index (χ2v) is 4.15. The minimum absolute atomic E-state index is 0.169. The topological polar surface area (TPSA) is 88.6 Å². The van der Waals surface area contributed by atoms with Crippen LogP contribution in [0, 0.1) is 0 Å². The smallest absolute Gasteiger partial charge is 0.180 e. The fourth-order valence-corrected chi connectivity index (χ4v) is 2.14. The zero-order chi connectivity index (χ0) is 10.1. The van der Waals surface area contributed by atoms with Gasteiger partial charge < -0.3 is 20.7 Å². The van der Waals surface area contributed by atoms with Crippen molar-refractivity contribution in [2.24, 2.45) is 0 Å². The number of ether oxygens (including phenoxy) is 1. The Balaban J connectivity index is 2.08. The molecule has 14 heavy (non-hydrogen) atoms. The van der Waals surface area contributed by atoms with Gasteiger partial charge in [-0.25, -0.2) is 4.98 Å². The molecule has 1 fully saturated rings. The van der Waals surface area contributed by atoms with Crippen LogP contribution in [0.5, 0.6) is 0 Å². The molecule has 0 bridgehead atoms. The molecule has 1 aromatic heterocycles. The Bertz CT molecular complexity index is 317. The van der Waals surface area contributed by atoms with Crippen molar-refractivity contribution in [3.05, 3.63) is 11.1 Å². The number of aromatic nitrogens is 1. The van der Waals surface area contributed by atoms with E-state index >= 15 is 0 Å². The van der Waals surface area contributed by atoms with Crippen LogP contribution in [0.4, 0.5) is 5.13 Å². The van der Waals surface area contributed by atoms with E-state index in [2.05, 4.69) is 4.98 Å². The molecule has 0 aliphatic carbocycles. The van der Waals surface area contributed by atoms with E-state index in [1.54, 1.807) is 0 Å². The number of hydrogen-bond acceptors (Lipinski definition) is 6. The fraction of sp³-hybridized carbons (Fsp3) is 0.625. The van der Waals surface area contributed by atoms with Gasteiger partial charge in [0.1, 0.15) is 12.2 Å². The van der Waals surface area contributed by atoms with Crippen LogP contribution < -0.4 is 5.73 Å². The number of nitrogens with two attached hydrogens (primary N) is 1. The van der Waals surface area contributed by atoms with Gasteiger partial charge in [-0.05, 0) is 0 Å². The van der Waals surface area contributed by atoms with Crippen LogP contribution in [-0.2, 0) is 4.74 Å². The second-order valence-electron chi connectivity index (χ2n) is 3.26. The van der Waals surface area contributed by atoms with Crippen molar-refractivity contribution in [3.63, 3.8) is 0 Å². The van der Waals surface area contributed by atoms with Crippen LogP contribution in [-0.4, -0.2) is 34.0 Å². The molecule has 2 heterocycles. The average molecular weight is 216 g/mol. The summed E-state index contributed by atoms with van der Waals surface area (Å²) in [5.74, 6) is 0. The SMILES string of the molecule is Nc1nc(C2CC(O)C(CO)O2)cs1. The third kappa shape index (κ3) is 1.74. The molecule has 1 aromatic rings. The largest absolute Gasteiger partial charge is 0.394 e. The van der Waals surface area contributed by atoms with Crippen LogP contribution in [0.25, 0.3) is 0 Å². The first-order valence-electron chi connectivity index (χ1n) is 4.36. The van der Waals surface area contributed by atoms with Gasteiger partial charge in [0, 0.05) is 11.8 Å². The summed E-state index contributed by atoms with van der Waals surface area (Å²) in [5.41, 5.74) is 6.23. The van der Waals surface area contributed by atoms with Gasteiger partial charge in [-0.15, -0.1) is 11.3 Å². The maximum atomic E-state index is 9.49. The molecule has 1 aliphatic heterocycles. The van der Waals surface area contributed by atoms with E-state index in [-0.39, 0.29) is 12.7 Å². The molecule has 0 aromatic carbocycles. The number of nitrogens with zero attached hydrogens (tertiary/aromatic N) is 1. The van der Waals surface area contributed by atoms with Crippen LogP contribution >= 0.6 is 11.3 Å².